The third kappa shape index (κ3) is 4.12. The molecule has 0 spiro atoms. The molecule has 2 aromatic carbocycles. The van der Waals surface area contributed by atoms with Crippen LogP contribution in [0.4, 0.5) is 0 Å². The third-order valence-corrected chi connectivity index (χ3v) is 7.07. The summed E-state index contributed by atoms with van der Waals surface area (Å²) in [6.45, 7) is 2.87. The molecule has 1 aliphatic rings. The second-order valence-corrected chi connectivity index (χ2v) is 9.59. The predicted octanol–water partition coefficient (Wildman–Crippen LogP) is 4.32. The second-order valence-electron chi connectivity index (χ2n) is 7.04. The summed E-state index contributed by atoms with van der Waals surface area (Å²) in [5.41, 5.74) is 2.11. The molecule has 0 saturated heterocycles. The van der Waals surface area contributed by atoms with Crippen molar-refractivity contribution in [3.63, 3.8) is 0 Å². The Morgan fingerprint density at radius 1 is 1.12 bits per heavy atom. The molecule has 1 saturated carbocycles. The van der Waals surface area contributed by atoms with Gasteiger partial charge in [-0.15, -0.1) is 0 Å². The van der Waals surface area contributed by atoms with Gasteiger partial charge in [-0.25, -0.2) is 12.7 Å². The summed E-state index contributed by atoms with van der Waals surface area (Å²) in [5, 5.41) is 0.773. The SMILES string of the molecule is CC(c1ccccc1Cl)N(Cc1cccc(S(=O)(=O)N(C)C)c1)C1CC1. The van der Waals surface area contributed by atoms with Gasteiger partial charge in [0.1, 0.15) is 0 Å². The van der Waals surface area contributed by atoms with Gasteiger partial charge in [-0.3, -0.25) is 4.90 Å². The summed E-state index contributed by atoms with van der Waals surface area (Å²) >= 11 is 6.40. The van der Waals surface area contributed by atoms with E-state index in [0.717, 1.165) is 16.1 Å². The minimum Gasteiger partial charge on any atom is -0.289 e. The molecule has 0 aromatic heterocycles. The van der Waals surface area contributed by atoms with Gasteiger partial charge in [0, 0.05) is 37.7 Å². The molecule has 0 bridgehead atoms. The lowest BCUT2D eigenvalue weighted by Gasteiger charge is -2.30. The fourth-order valence-electron chi connectivity index (χ4n) is 3.21. The summed E-state index contributed by atoms with van der Waals surface area (Å²) in [6.07, 6.45) is 2.34. The van der Waals surface area contributed by atoms with Gasteiger partial charge >= 0.3 is 0 Å². The minimum absolute atomic E-state index is 0.172. The highest BCUT2D eigenvalue weighted by atomic mass is 35.5. The van der Waals surface area contributed by atoms with Crippen molar-refractivity contribution < 1.29 is 8.42 Å². The molecule has 140 valence electrons. The van der Waals surface area contributed by atoms with Crippen LogP contribution in [-0.4, -0.2) is 37.8 Å². The van der Waals surface area contributed by atoms with E-state index in [1.165, 1.54) is 17.1 Å². The van der Waals surface area contributed by atoms with Crippen molar-refractivity contribution in [2.75, 3.05) is 14.1 Å². The van der Waals surface area contributed by atoms with Crippen molar-refractivity contribution in [1.82, 2.24) is 9.21 Å². The van der Waals surface area contributed by atoms with Crippen LogP contribution in [0.1, 0.15) is 36.9 Å². The van der Waals surface area contributed by atoms with Crippen molar-refractivity contribution in [3.8, 4) is 0 Å². The molecule has 2 aromatic rings. The number of hydrogen-bond acceptors (Lipinski definition) is 3. The fraction of sp³-hybridized carbons (Fsp3) is 0.400. The molecule has 1 atom stereocenters. The quantitative estimate of drug-likeness (QED) is 0.704. The maximum Gasteiger partial charge on any atom is 0.242 e. The third-order valence-electron chi connectivity index (χ3n) is 4.91. The van der Waals surface area contributed by atoms with E-state index in [9.17, 15) is 8.42 Å². The van der Waals surface area contributed by atoms with E-state index in [0.29, 0.717) is 17.5 Å². The topological polar surface area (TPSA) is 40.6 Å². The van der Waals surface area contributed by atoms with Gasteiger partial charge in [-0.1, -0.05) is 41.9 Å². The van der Waals surface area contributed by atoms with Gasteiger partial charge in [-0.2, -0.15) is 0 Å². The van der Waals surface area contributed by atoms with E-state index in [1.807, 2.05) is 30.3 Å². The first-order valence-electron chi connectivity index (χ1n) is 8.82. The number of hydrogen-bond donors (Lipinski definition) is 0. The first kappa shape index (κ1) is 19.4. The molecule has 1 aliphatic carbocycles. The summed E-state index contributed by atoms with van der Waals surface area (Å²) < 4.78 is 26.1. The molecular formula is C20H25ClN2O2S. The van der Waals surface area contributed by atoms with Gasteiger partial charge in [0.2, 0.25) is 10.0 Å². The molecule has 6 heteroatoms. The van der Waals surface area contributed by atoms with E-state index in [-0.39, 0.29) is 6.04 Å². The second kappa shape index (κ2) is 7.69. The zero-order chi connectivity index (χ0) is 18.9. The predicted molar refractivity (Wildman–Crippen MR) is 106 cm³/mol. The molecule has 0 N–H and O–H groups in total. The monoisotopic (exact) mass is 392 g/mol. The average molecular weight is 393 g/mol. The van der Waals surface area contributed by atoms with Crippen LogP contribution in [-0.2, 0) is 16.6 Å². The highest BCUT2D eigenvalue weighted by molar-refractivity contribution is 7.89. The Bertz CT molecular complexity index is 879. The van der Waals surface area contributed by atoms with Crippen molar-refractivity contribution in [2.45, 2.75) is 43.3 Å². The Kier molecular flexibility index (Phi) is 5.72. The summed E-state index contributed by atoms with van der Waals surface area (Å²) in [4.78, 5) is 2.75. The number of halogens is 1. The van der Waals surface area contributed by atoms with Gasteiger partial charge in [0.15, 0.2) is 0 Å². The Hall–Kier alpha value is -1.40. The molecule has 1 fully saturated rings. The van der Waals surface area contributed by atoms with Crippen molar-refractivity contribution >= 4 is 21.6 Å². The van der Waals surface area contributed by atoms with Crippen LogP contribution >= 0.6 is 11.6 Å². The van der Waals surface area contributed by atoms with E-state index in [2.05, 4.69) is 17.9 Å². The molecule has 3 rings (SSSR count). The van der Waals surface area contributed by atoms with Crippen molar-refractivity contribution in [1.29, 1.82) is 0 Å². The zero-order valence-corrected chi connectivity index (χ0v) is 17.0. The Morgan fingerprint density at radius 3 is 2.42 bits per heavy atom. The molecule has 1 unspecified atom stereocenters. The molecular weight excluding hydrogens is 368 g/mol. The average Bonchev–Trinajstić information content (AvgIpc) is 3.44. The highest BCUT2D eigenvalue weighted by Gasteiger charge is 2.33. The fourth-order valence-corrected chi connectivity index (χ4v) is 4.47. The maximum absolute atomic E-state index is 12.4. The lowest BCUT2D eigenvalue weighted by molar-refractivity contribution is 0.190. The summed E-state index contributed by atoms with van der Waals surface area (Å²) in [6, 6.07) is 15.9. The van der Waals surface area contributed by atoms with E-state index >= 15 is 0 Å². The Morgan fingerprint density at radius 2 is 1.81 bits per heavy atom. The van der Waals surface area contributed by atoms with Gasteiger partial charge < -0.3 is 0 Å². The maximum atomic E-state index is 12.4. The molecule has 4 nitrogen and oxygen atoms in total. The van der Waals surface area contributed by atoms with Gasteiger partial charge in [0.25, 0.3) is 0 Å². The Balaban J connectivity index is 1.87. The molecule has 26 heavy (non-hydrogen) atoms. The first-order valence-corrected chi connectivity index (χ1v) is 10.6. The summed E-state index contributed by atoms with van der Waals surface area (Å²) in [7, 11) is -0.318. The number of nitrogens with zero attached hydrogens (tertiary/aromatic N) is 2. The molecule has 0 amide bonds. The van der Waals surface area contributed by atoms with Crippen LogP contribution in [0, 0.1) is 0 Å². The zero-order valence-electron chi connectivity index (χ0n) is 15.4. The largest absolute Gasteiger partial charge is 0.289 e. The number of sulfonamides is 1. The molecule has 0 heterocycles. The van der Waals surface area contributed by atoms with Crippen LogP contribution in [0.25, 0.3) is 0 Å². The number of benzene rings is 2. The van der Waals surface area contributed by atoms with Crippen LogP contribution in [0.3, 0.4) is 0 Å². The van der Waals surface area contributed by atoms with E-state index in [4.69, 9.17) is 11.6 Å². The van der Waals surface area contributed by atoms with Crippen LogP contribution in [0.2, 0.25) is 5.02 Å². The first-order chi connectivity index (χ1) is 12.3. The standard InChI is InChI=1S/C20H25ClN2O2S/c1-15(19-9-4-5-10-20(19)21)23(17-11-12-17)14-16-7-6-8-18(13-16)26(24,25)22(2)3/h4-10,13,15,17H,11-12,14H2,1-3H3. The molecule has 0 aliphatic heterocycles. The van der Waals surface area contributed by atoms with Gasteiger partial charge in [0.05, 0.1) is 4.90 Å². The van der Waals surface area contributed by atoms with E-state index in [1.54, 1.807) is 26.2 Å². The normalized spacial score (nSPS) is 16.2. The smallest absolute Gasteiger partial charge is 0.242 e. The van der Waals surface area contributed by atoms with Gasteiger partial charge in [-0.05, 0) is 49.1 Å². The minimum atomic E-state index is -3.43. The van der Waals surface area contributed by atoms with Crippen LogP contribution < -0.4 is 0 Å². The lowest BCUT2D eigenvalue weighted by Crippen LogP contribution is -2.29. The van der Waals surface area contributed by atoms with Crippen LogP contribution in [0.15, 0.2) is 53.4 Å². The number of rotatable bonds is 7. The Labute approximate surface area is 161 Å². The highest BCUT2D eigenvalue weighted by Crippen LogP contribution is 2.37. The summed E-state index contributed by atoms with van der Waals surface area (Å²) in [5.74, 6) is 0. The van der Waals surface area contributed by atoms with Crippen LogP contribution in [0.5, 0.6) is 0 Å². The van der Waals surface area contributed by atoms with Crippen molar-refractivity contribution in [2.24, 2.45) is 0 Å². The van der Waals surface area contributed by atoms with Crippen molar-refractivity contribution in [3.05, 3.63) is 64.7 Å². The lowest BCUT2D eigenvalue weighted by atomic mass is 10.1. The van der Waals surface area contributed by atoms with E-state index < -0.39 is 10.0 Å². The molecule has 0 radical (unpaired) electrons.